The molecular formula is C13H9BrClNO3. The summed E-state index contributed by atoms with van der Waals surface area (Å²) in [6, 6.07) is 11.7. The molecule has 0 atom stereocenters. The van der Waals surface area contributed by atoms with Crippen LogP contribution in [0.4, 0.5) is 5.69 Å². The first-order chi connectivity index (χ1) is 9.08. The quantitative estimate of drug-likeness (QED) is 0.603. The highest BCUT2D eigenvalue weighted by Gasteiger charge is 2.11. The van der Waals surface area contributed by atoms with Crippen LogP contribution < -0.4 is 4.74 Å². The van der Waals surface area contributed by atoms with Crippen LogP contribution in [0.15, 0.2) is 46.9 Å². The number of nitrogens with zero attached hydrogens (tertiary/aromatic N) is 1. The highest BCUT2D eigenvalue weighted by molar-refractivity contribution is 9.10. The molecule has 0 aliphatic heterocycles. The van der Waals surface area contributed by atoms with Gasteiger partial charge in [0.25, 0.3) is 5.69 Å². The van der Waals surface area contributed by atoms with Gasteiger partial charge in [-0.25, -0.2) is 0 Å². The second-order valence-corrected chi connectivity index (χ2v) is 5.01. The van der Waals surface area contributed by atoms with E-state index in [1.54, 1.807) is 12.1 Å². The summed E-state index contributed by atoms with van der Waals surface area (Å²) in [5.74, 6) is 0.411. The monoisotopic (exact) mass is 341 g/mol. The van der Waals surface area contributed by atoms with Gasteiger partial charge in [-0.3, -0.25) is 10.1 Å². The molecule has 2 aromatic rings. The topological polar surface area (TPSA) is 52.4 Å². The Morgan fingerprint density at radius 1 is 1.26 bits per heavy atom. The number of rotatable bonds is 4. The Balaban J connectivity index is 2.17. The van der Waals surface area contributed by atoms with Gasteiger partial charge in [-0.05, 0) is 28.1 Å². The van der Waals surface area contributed by atoms with Gasteiger partial charge in [0.15, 0.2) is 0 Å². The Morgan fingerprint density at radius 3 is 2.68 bits per heavy atom. The normalized spacial score (nSPS) is 10.2. The molecule has 0 bridgehead atoms. The molecule has 0 aliphatic rings. The van der Waals surface area contributed by atoms with Gasteiger partial charge in [-0.15, -0.1) is 0 Å². The first-order valence-corrected chi connectivity index (χ1v) is 6.55. The van der Waals surface area contributed by atoms with Crippen LogP contribution in [0.1, 0.15) is 5.56 Å². The Hall–Kier alpha value is -1.59. The first kappa shape index (κ1) is 13.8. The lowest BCUT2D eigenvalue weighted by atomic mass is 10.2. The van der Waals surface area contributed by atoms with E-state index in [0.717, 1.165) is 5.56 Å². The summed E-state index contributed by atoms with van der Waals surface area (Å²) in [5, 5.41) is 11.3. The number of halogens is 2. The van der Waals surface area contributed by atoms with E-state index in [2.05, 4.69) is 15.9 Å². The second-order valence-electron chi connectivity index (χ2n) is 3.75. The predicted molar refractivity (Wildman–Crippen MR) is 76.6 cm³/mol. The van der Waals surface area contributed by atoms with Crippen LogP contribution >= 0.6 is 27.5 Å². The number of hydrogen-bond acceptors (Lipinski definition) is 3. The van der Waals surface area contributed by atoms with Gasteiger partial charge in [0.1, 0.15) is 12.4 Å². The molecule has 0 aromatic heterocycles. The average Bonchev–Trinajstić information content (AvgIpc) is 2.39. The lowest BCUT2D eigenvalue weighted by Gasteiger charge is -2.09. The van der Waals surface area contributed by atoms with Crippen molar-refractivity contribution in [2.24, 2.45) is 0 Å². The van der Waals surface area contributed by atoms with E-state index >= 15 is 0 Å². The van der Waals surface area contributed by atoms with Crippen LogP contribution in [0.5, 0.6) is 5.75 Å². The zero-order valence-electron chi connectivity index (χ0n) is 9.68. The lowest BCUT2D eigenvalue weighted by Crippen LogP contribution is -1.98. The van der Waals surface area contributed by atoms with E-state index in [9.17, 15) is 10.1 Å². The van der Waals surface area contributed by atoms with Crippen molar-refractivity contribution in [2.75, 3.05) is 0 Å². The van der Waals surface area contributed by atoms with E-state index in [-0.39, 0.29) is 12.3 Å². The molecule has 2 aromatic carbocycles. The number of nitro groups is 1. The highest BCUT2D eigenvalue weighted by atomic mass is 79.9. The van der Waals surface area contributed by atoms with Gasteiger partial charge >= 0.3 is 0 Å². The molecule has 0 spiro atoms. The minimum atomic E-state index is -0.463. The fourth-order valence-electron chi connectivity index (χ4n) is 1.49. The van der Waals surface area contributed by atoms with Gasteiger partial charge in [-0.1, -0.05) is 29.8 Å². The molecule has 0 amide bonds. The van der Waals surface area contributed by atoms with Gasteiger partial charge in [0, 0.05) is 16.7 Å². The fourth-order valence-corrected chi connectivity index (χ4v) is 2.04. The fraction of sp³-hybridized carbons (Fsp3) is 0.0769. The molecule has 2 rings (SSSR count). The Bertz CT molecular complexity index is 619. The maximum atomic E-state index is 10.7. The van der Waals surface area contributed by atoms with Crippen LogP contribution in [0, 0.1) is 10.1 Å². The van der Waals surface area contributed by atoms with Crippen LogP contribution in [-0.2, 0) is 6.61 Å². The summed E-state index contributed by atoms with van der Waals surface area (Å²) >= 11 is 9.30. The van der Waals surface area contributed by atoms with Crippen molar-refractivity contribution < 1.29 is 9.66 Å². The maximum absolute atomic E-state index is 10.7. The molecule has 0 saturated carbocycles. The number of nitro benzene ring substituents is 1. The Morgan fingerprint density at radius 2 is 2.00 bits per heavy atom. The number of ether oxygens (including phenoxy) is 1. The van der Waals surface area contributed by atoms with E-state index in [1.165, 1.54) is 12.1 Å². The molecule has 98 valence electrons. The molecule has 0 saturated heterocycles. The maximum Gasteiger partial charge on any atom is 0.273 e. The van der Waals surface area contributed by atoms with Gasteiger partial charge in [0.05, 0.1) is 15.5 Å². The molecule has 4 nitrogen and oxygen atoms in total. The first-order valence-electron chi connectivity index (χ1n) is 5.38. The van der Waals surface area contributed by atoms with Crippen molar-refractivity contribution in [1.82, 2.24) is 0 Å². The number of benzene rings is 2. The molecule has 0 heterocycles. The van der Waals surface area contributed by atoms with Crippen molar-refractivity contribution in [3.05, 3.63) is 67.6 Å². The SMILES string of the molecule is O=[N+]([O-])c1ccc(Br)c(OCc2ccccc2Cl)c1. The van der Waals surface area contributed by atoms with Crippen molar-refractivity contribution >= 4 is 33.2 Å². The third-order valence-electron chi connectivity index (χ3n) is 2.47. The van der Waals surface area contributed by atoms with Crippen molar-refractivity contribution in [1.29, 1.82) is 0 Å². The molecule has 19 heavy (non-hydrogen) atoms. The van der Waals surface area contributed by atoms with E-state index in [0.29, 0.717) is 15.2 Å². The summed E-state index contributed by atoms with van der Waals surface area (Å²) in [7, 11) is 0. The van der Waals surface area contributed by atoms with E-state index in [1.807, 2.05) is 18.2 Å². The standard InChI is InChI=1S/C13H9BrClNO3/c14-11-6-5-10(16(17)18)7-13(11)19-8-9-3-1-2-4-12(9)15/h1-7H,8H2. The van der Waals surface area contributed by atoms with E-state index < -0.39 is 4.92 Å². The van der Waals surface area contributed by atoms with Gasteiger partial charge in [0.2, 0.25) is 0 Å². The molecular weight excluding hydrogens is 334 g/mol. The average molecular weight is 343 g/mol. The summed E-state index contributed by atoms with van der Waals surface area (Å²) in [6.07, 6.45) is 0. The van der Waals surface area contributed by atoms with Crippen molar-refractivity contribution in [2.45, 2.75) is 6.61 Å². The van der Waals surface area contributed by atoms with Gasteiger partial charge in [-0.2, -0.15) is 0 Å². The summed E-state index contributed by atoms with van der Waals surface area (Å²) in [5.41, 5.74) is 0.805. The number of hydrogen-bond donors (Lipinski definition) is 0. The minimum Gasteiger partial charge on any atom is -0.487 e. The molecule has 0 N–H and O–H groups in total. The van der Waals surface area contributed by atoms with Crippen LogP contribution in [-0.4, -0.2) is 4.92 Å². The largest absolute Gasteiger partial charge is 0.487 e. The van der Waals surface area contributed by atoms with Crippen molar-refractivity contribution in [3.8, 4) is 5.75 Å². The summed E-state index contributed by atoms with van der Waals surface area (Å²) in [6.45, 7) is 0.249. The predicted octanol–water partition coefficient (Wildman–Crippen LogP) is 4.59. The van der Waals surface area contributed by atoms with Crippen LogP contribution in [0.2, 0.25) is 5.02 Å². The molecule has 0 aliphatic carbocycles. The van der Waals surface area contributed by atoms with Crippen LogP contribution in [0.3, 0.4) is 0 Å². The zero-order valence-corrected chi connectivity index (χ0v) is 12.0. The van der Waals surface area contributed by atoms with Crippen molar-refractivity contribution in [3.63, 3.8) is 0 Å². The lowest BCUT2D eigenvalue weighted by molar-refractivity contribution is -0.385. The smallest absolute Gasteiger partial charge is 0.273 e. The minimum absolute atomic E-state index is 0.0163. The highest BCUT2D eigenvalue weighted by Crippen LogP contribution is 2.30. The van der Waals surface area contributed by atoms with Crippen LogP contribution in [0.25, 0.3) is 0 Å². The van der Waals surface area contributed by atoms with E-state index in [4.69, 9.17) is 16.3 Å². The molecule has 0 unspecified atom stereocenters. The third kappa shape index (κ3) is 3.45. The Labute approximate surface area is 123 Å². The molecule has 0 fully saturated rings. The third-order valence-corrected chi connectivity index (χ3v) is 3.49. The van der Waals surface area contributed by atoms with Gasteiger partial charge < -0.3 is 4.74 Å². The number of non-ortho nitro benzene ring substituents is 1. The molecule has 0 radical (unpaired) electrons. The molecule has 6 heteroatoms. The second kappa shape index (κ2) is 6.04. The zero-order chi connectivity index (χ0) is 13.8. The Kier molecular flexibility index (Phi) is 4.39. The summed E-state index contributed by atoms with van der Waals surface area (Å²) in [4.78, 5) is 10.2. The summed E-state index contributed by atoms with van der Waals surface area (Å²) < 4.78 is 6.22.